The number of carbonyl (C=O) groups is 1. The number of carbonyl (C=O) groups excluding carboxylic acids is 1. The van der Waals surface area contributed by atoms with Crippen molar-refractivity contribution in [3.05, 3.63) is 36.7 Å². The van der Waals surface area contributed by atoms with E-state index in [2.05, 4.69) is 26.5 Å². The number of amides is 1. The molecule has 4 rings (SSSR count). The van der Waals surface area contributed by atoms with E-state index in [4.69, 9.17) is 14.5 Å². The molecule has 1 aliphatic heterocycles. The maximum absolute atomic E-state index is 12.3. The molecule has 8 heteroatoms. The van der Waals surface area contributed by atoms with Crippen LogP contribution in [0, 0.1) is 5.41 Å². The molecule has 8 nitrogen and oxygen atoms in total. The summed E-state index contributed by atoms with van der Waals surface area (Å²) in [6, 6.07) is 8.06. The van der Waals surface area contributed by atoms with Gasteiger partial charge >= 0.3 is 0 Å². The van der Waals surface area contributed by atoms with E-state index < -0.39 is 0 Å². The molecule has 3 aromatic rings. The van der Waals surface area contributed by atoms with Crippen LogP contribution in [0.25, 0.3) is 22.0 Å². The molecule has 1 aliphatic rings. The van der Waals surface area contributed by atoms with Crippen molar-refractivity contribution in [1.82, 2.24) is 20.5 Å². The van der Waals surface area contributed by atoms with Gasteiger partial charge in [-0.1, -0.05) is 20.8 Å². The summed E-state index contributed by atoms with van der Waals surface area (Å²) in [4.78, 5) is 19.3. The zero-order valence-corrected chi connectivity index (χ0v) is 19.9. The zero-order valence-electron chi connectivity index (χ0n) is 19.9. The summed E-state index contributed by atoms with van der Waals surface area (Å²) in [6.45, 7) is 7.54. The van der Waals surface area contributed by atoms with Gasteiger partial charge in [0, 0.05) is 53.3 Å². The van der Waals surface area contributed by atoms with Crippen molar-refractivity contribution < 1.29 is 14.3 Å². The van der Waals surface area contributed by atoms with Gasteiger partial charge in [0.15, 0.2) is 11.5 Å². The average Bonchev–Trinajstić information content (AvgIpc) is 2.82. The summed E-state index contributed by atoms with van der Waals surface area (Å²) in [7, 11) is 3.22. The Labute approximate surface area is 194 Å². The number of pyridine rings is 1. The van der Waals surface area contributed by atoms with Gasteiger partial charge in [-0.05, 0) is 31.0 Å². The number of hydrogen-bond acceptors (Lipinski definition) is 7. The second-order valence-corrected chi connectivity index (χ2v) is 9.37. The van der Waals surface area contributed by atoms with E-state index in [1.807, 2.05) is 45.2 Å². The molecule has 1 aromatic carbocycles. The van der Waals surface area contributed by atoms with Gasteiger partial charge in [-0.3, -0.25) is 4.79 Å². The Bertz CT molecular complexity index is 1130. The summed E-state index contributed by atoms with van der Waals surface area (Å²) in [5.41, 5.74) is 2.26. The van der Waals surface area contributed by atoms with E-state index in [9.17, 15) is 4.79 Å². The van der Waals surface area contributed by atoms with Crippen LogP contribution in [-0.4, -0.2) is 54.4 Å². The smallest absolute Gasteiger partial charge is 0.225 e. The molecule has 0 radical (unpaired) electrons. The quantitative estimate of drug-likeness (QED) is 0.633. The summed E-state index contributed by atoms with van der Waals surface area (Å²) < 4.78 is 10.8. The minimum atomic E-state index is -0.365. The van der Waals surface area contributed by atoms with Crippen LogP contribution in [0.1, 0.15) is 33.6 Å². The molecular weight excluding hydrogens is 418 g/mol. The number of aromatic nitrogens is 3. The molecular formula is C25H31N5O3. The Morgan fingerprint density at radius 3 is 2.36 bits per heavy atom. The summed E-state index contributed by atoms with van der Waals surface area (Å²) >= 11 is 0. The Hall–Kier alpha value is -3.42. The summed E-state index contributed by atoms with van der Waals surface area (Å²) in [5, 5.41) is 12.5. The fraction of sp³-hybridized carbons (Fsp3) is 0.440. The normalized spacial score (nSPS) is 14.9. The lowest BCUT2D eigenvalue weighted by atomic mass is 9.94. The molecule has 0 aliphatic carbocycles. The lowest BCUT2D eigenvalue weighted by molar-refractivity contribution is -0.129. The summed E-state index contributed by atoms with van der Waals surface area (Å²) in [6.07, 6.45) is 5.43. The van der Waals surface area contributed by atoms with Crippen LogP contribution in [0.2, 0.25) is 0 Å². The van der Waals surface area contributed by atoms with E-state index >= 15 is 0 Å². The second-order valence-electron chi connectivity index (χ2n) is 9.37. The Morgan fingerprint density at radius 2 is 1.76 bits per heavy atom. The predicted octanol–water partition coefficient (Wildman–Crippen LogP) is 3.84. The van der Waals surface area contributed by atoms with Crippen molar-refractivity contribution in [2.75, 3.05) is 32.2 Å². The number of ether oxygens (including phenoxy) is 2. The van der Waals surface area contributed by atoms with E-state index in [0.717, 1.165) is 53.8 Å². The third-order valence-electron chi connectivity index (χ3n) is 6.04. The van der Waals surface area contributed by atoms with Crippen LogP contribution in [0.15, 0.2) is 36.7 Å². The summed E-state index contributed by atoms with van der Waals surface area (Å²) in [5.74, 6) is 2.30. The SMILES string of the molecule is COc1cc2nncc(-c3ccc(N4CCC(NC(=O)C(C)(C)C)CC4)nc3)c2cc1OC. The molecule has 1 amide bonds. The lowest BCUT2D eigenvalue weighted by Gasteiger charge is -2.34. The molecule has 0 spiro atoms. The van der Waals surface area contributed by atoms with Crippen molar-refractivity contribution in [1.29, 1.82) is 0 Å². The van der Waals surface area contributed by atoms with E-state index in [1.54, 1.807) is 20.4 Å². The first-order valence-electron chi connectivity index (χ1n) is 11.2. The Morgan fingerprint density at radius 1 is 1.06 bits per heavy atom. The first kappa shape index (κ1) is 22.8. The fourth-order valence-electron chi connectivity index (χ4n) is 4.00. The van der Waals surface area contributed by atoms with Gasteiger partial charge in [0.2, 0.25) is 5.91 Å². The molecule has 1 saturated heterocycles. The molecule has 1 N–H and O–H groups in total. The van der Waals surface area contributed by atoms with Crippen molar-refractivity contribution in [3.8, 4) is 22.6 Å². The van der Waals surface area contributed by atoms with E-state index in [1.165, 1.54) is 0 Å². The standard InChI is InChI=1S/C25H31N5O3/c1-25(2,3)24(31)28-17-8-10-30(11-9-17)23-7-6-16(14-26-23)19-15-27-29-20-13-22(33-5)21(32-4)12-18(19)20/h6-7,12-15,17H,8-11H2,1-5H3,(H,28,31). The van der Waals surface area contributed by atoms with Crippen molar-refractivity contribution in [2.24, 2.45) is 5.41 Å². The van der Waals surface area contributed by atoms with Gasteiger partial charge in [0.25, 0.3) is 0 Å². The molecule has 1 fully saturated rings. The van der Waals surface area contributed by atoms with Gasteiger partial charge in [0.1, 0.15) is 5.82 Å². The minimum Gasteiger partial charge on any atom is -0.493 e. The number of fused-ring (bicyclic) bond motifs is 1. The number of piperidine rings is 1. The second kappa shape index (κ2) is 9.21. The number of rotatable bonds is 5. The number of nitrogens with one attached hydrogen (secondary N) is 1. The number of anilines is 1. The van der Waals surface area contributed by atoms with Crippen LogP contribution in [0.4, 0.5) is 5.82 Å². The largest absolute Gasteiger partial charge is 0.493 e. The molecule has 174 valence electrons. The van der Waals surface area contributed by atoms with Crippen molar-refractivity contribution in [2.45, 2.75) is 39.7 Å². The lowest BCUT2D eigenvalue weighted by Crippen LogP contribution is -2.47. The van der Waals surface area contributed by atoms with Crippen LogP contribution in [0.3, 0.4) is 0 Å². The van der Waals surface area contributed by atoms with Gasteiger partial charge in [-0.25, -0.2) is 4.98 Å². The number of methoxy groups -OCH3 is 2. The van der Waals surface area contributed by atoms with Crippen LogP contribution < -0.4 is 19.7 Å². The Kier molecular flexibility index (Phi) is 6.35. The molecule has 0 bridgehead atoms. The number of benzene rings is 1. The third-order valence-corrected chi connectivity index (χ3v) is 6.04. The maximum Gasteiger partial charge on any atom is 0.225 e. The third kappa shape index (κ3) is 4.84. The van der Waals surface area contributed by atoms with E-state index in [-0.39, 0.29) is 17.4 Å². The van der Waals surface area contributed by atoms with Crippen LogP contribution in [0.5, 0.6) is 11.5 Å². The van der Waals surface area contributed by atoms with Crippen LogP contribution in [-0.2, 0) is 4.79 Å². The molecule has 0 atom stereocenters. The van der Waals surface area contributed by atoms with Gasteiger partial charge in [0.05, 0.1) is 25.9 Å². The van der Waals surface area contributed by atoms with Gasteiger partial charge < -0.3 is 19.7 Å². The predicted molar refractivity (Wildman–Crippen MR) is 129 cm³/mol. The van der Waals surface area contributed by atoms with Crippen molar-refractivity contribution in [3.63, 3.8) is 0 Å². The molecule has 0 unspecified atom stereocenters. The fourth-order valence-corrected chi connectivity index (χ4v) is 4.00. The van der Waals surface area contributed by atoms with Gasteiger partial charge in [-0.15, -0.1) is 0 Å². The maximum atomic E-state index is 12.3. The first-order valence-corrected chi connectivity index (χ1v) is 11.2. The molecule has 2 aromatic heterocycles. The molecule has 3 heterocycles. The highest BCUT2D eigenvalue weighted by molar-refractivity contribution is 5.95. The number of hydrogen-bond donors (Lipinski definition) is 1. The first-order chi connectivity index (χ1) is 15.8. The topological polar surface area (TPSA) is 89.5 Å². The van der Waals surface area contributed by atoms with Crippen molar-refractivity contribution >= 4 is 22.6 Å². The zero-order chi connectivity index (χ0) is 23.6. The highest BCUT2D eigenvalue weighted by atomic mass is 16.5. The minimum absolute atomic E-state index is 0.107. The van der Waals surface area contributed by atoms with Crippen LogP contribution >= 0.6 is 0 Å². The highest BCUT2D eigenvalue weighted by Crippen LogP contribution is 2.35. The molecule has 0 saturated carbocycles. The van der Waals surface area contributed by atoms with Gasteiger partial charge in [-0.2, -0.15) is 10.2 Å². The monoisotopic (exact) mass is 449 g/mol. The Balaban J connectivity index is 1.49. The highest BCUT2D eigenvalue weighted by Gasteiger charge is 2.27. The number of nitrogens with zero attached hydrogens (tertiary/aromatic N) is 4. The molecule has 33 heavy (non-hydrogen) atoms. The van der Waals surface area contributed by atoms with E-state index in [0.29, 0.717) is 11.5 Å². The average molecular weight is 450 g/mol.